The fraction of sp³-hybridized carbons (Fsp3) is 0.909. The molecule has 0 spiro atoms. The lowest BCUT2D eigenvalue weighted by atomic mass is 10.2. The zero-order valence-corrected chi connectivity index (χ0v) is 11.0. The van der Waals surface area contributed by atoms with Gasteiger partial charge in [0.1, 0.15) is 0 Å². The number of hydrogen-bond acceptors (Lipinski definition) is 4. The van der Waals surface area contributed by atoms with E-state index in [-0.39, 0.29) is 17.8 Å². The van der Waals surface area contributed by atoms with Gasteiger partial charge in [-0.05, 0) is 12.7 Å². The standard InChI is InChI=1S/C11H22N2O2S/c1-3-10(16-2)11(15)13-6-4-12(5-7-13)8-9-14/h10,14H,3-9H2,1-2H3. The van der Waals surface area contributed by atoms with E-state index in [0.717, 1.165) is 39.1 Å². The van der Waals surface area contributed by atoms with Crippen molar-refractivity contribution in [3.63, 3.8) is 0 Å². The van der Waals surface area contributed by atoms with Crippen molar-refractivity contribution in [3.05, 3.63) is 0 Å². The second kappa shape index (κ2) is 7.14. The third kappa shape index (κ3) is 3.64. The van der Waals surface area contributed by atoms with Gasteiger partial charge >= 0.3 is 0 Å². The molecule has 1 aliphatic rings. The lowest BCUT2D eigenvalue weighted by molar-refractivity contribution is -0.132. The largest absolute Gasteiger partial charge is 0.395 e. The molecule has 16 heavy (non-hydrogen) atoms. The molecular weight excluding hydrogens is 224 g/mol. The molecule has 0 aromatic heterocycles. The van der Waals surface area contributed by atoms with E-state index < -0.39 is 0 Å². The van der Waals surface area contributed by atoms with E-state index in [4.69, 9.17) is 5.11 Å². The molecule has 1 fully saturated rings. The van der Waals surface area contributed by atoms with Crippen molar-refractivity contribution < 1.29 is 9.90 Å². The van der Waals surface area contributed by atoms with Crippen molar-refractivity contribution in [3.8, 4) is 0 Å². The average molecular weight is 246 g/mol. The Labute approximate surface area is 102 Å². The first kappa shape index (κ1) is 13.8. The van der Waals surface area contributed by atoms with Crippen molar-refractivity contribution in [2.75, 3.05) is 45.6 Å². The van der Waals surface area contributed by atoms with Crippen molar-refractivity contribution in [2.45, 2.75) is 18.6 Å². The minimum atomic E-state index is 0.115. The van der Waals surface area contributed by atoms with Crippen LogP contribution < -0.4 is 0 Å². The predicted octanol–water partition coefficient (Wildman–Crippen LogP) is 0.265. The molecule has 0 aromatic carbocycles. The Kier molecular flexibility index (Phi) is 6.16. The molecule has 1 rings (SSSR count). The average Bonchev–Trinajstić information content (AvgIpc) is 2.32. The molecule has 0 saturated carbocycles. The highest BCUT2D eigenvalue weighted by Crippen LogP contribution is 2.15. The lowest BCUT2D eigenvalue weighted by Crippen LogP contribution is -2.51. The minimum absolute atomic E-state index is 0.115. The summed E-state index contributed by atoms with van der Waals surface area (Å²) in [4.78, 5) is 16.2. The molecule has 1 heterocycles. The maximum absolute atomic E-state index is 12.1. The first-order valence-electron chi connectivity index (χ1n) is 5.87. The van der Waals surface area contributed by atoms with Crippen LogP contribution in [-0.2, 0) is 4.79 Å². The minimum Gasteiger partial charge on any atom is -0.395 e. The van der Waals surface area contributed by atoms with Gasteiger partial charge in [-0.2, -0.15) is 11.8 Å². The van der Waals surface area contributed by atoms with Crippen LogP contribution in [0.15, 0.2) is 0 Å². The predicted molar refractivity (Wildman–Crippen MR) is 67.7 cm³/mol. The SMILES string of the molecule is CCC(SC)C(=O)N1CCN(CCO)CC1. The van der Waals surface area contributed by atoms with Crippen LogP contribution in [-0.4, -0.2) is 71.6 Å². The zero-order valence-electron chi connectivity index (χ0n) is 10.2. The van der Waals surface area contributed by atoms with E-state index in [9.17, 15) is 4.79 Å². The second-order valence-corrected chi connectivity index (χ2v) is 5.06. The van der Waals surface area contributed by atoms with Crippen LogP contribution in [0.25, 0.3) is 0 Å². The highest BCUT2D eigenvalue weighted by Gasteiger charge is 2.25. The van der Waals surface area contributed by atoms with E-state index in [0.29, 0.717) is 0 Å². The number of thioether (sulfide) groups is 1. The molecule has 94 valence electrons. The Morgan fingerprint density at radius 1 is 1.38 bits per heavy atom. The van der Waals surface area contributed by atoms with Gasteiger partial charge in [-0.25, -0.2) is 0 Å². The topological polar surface area (TPSA) is 43.8 Å². The van der Waals surface area contributed by atoms with Crippen LogP contribution in [0, 0.1) is 0 Å². The van der Waals surface area contributed by atoms with Crippen molar-refractivity contribution in [1.29, 1.82) is 0 Å². The second-order valence-electron chi connectivity index (χ2n) is 4.02. The zero-order chi connectivity index (χ0) is 12.0. The molecule has 0 radical (unpaired) electrons. The molecule has 4 nitrogen and oxygen atoms in total. The highest BCUT2D eigenvalue weighted by molar-refractivity contribution is 7.99. The molecule has 1 unspecified atom stereocenters. The lowest BCUT2D eigenvalue weighted by Gasteiger charge is -2.35. The number of rotatable bonds is 5. The molecule has 0 aliphatic carbocycles. The Morgan fingerprint density at radius 3 is 2.44 bits per heavy atom. The Balaban J connectivity index is 2.38. The van der Waals surface area contributed by atoms with Gasteiger partial charge in [0.05, 0.1) is 11.9 Å². The van der Waals surface area contributed by atoms with Gasteiger partial charge in [-0.15, -0.1) is 0 Å². The van der Waals surface area contributed by atoms with Crippen LogP contribution >= 0.6 is 11.8 Å². The van der Waals surface area contributed by atoms with Crippen LogP contribution in [0.1, 0.15) is 13.3 Å². The number of hydrogen-bond donors (Lipinski definition) is 1. The summed E-state index contributed by atoms with van der Waals surface area (Å²) < 4.78 is 0. The number of nitrogens with zero attached hydrogens (tertiary/aromatic N) is 2. The van der Waals surface area contributed by atoms with Crippen molar-refractivity contribution in [1.82, 2.24) is 9.80 Å². The van der Waals surface area contributed by atoms with E-state index in [1.54, 1.807) is 11.8 Å². The Bertz CT molecular complexity index is 214. The van der Waals surface area contributed by atoms with Gasteiger partial charge in [0, 0.05) is 32.7 Å². The Hall–Kier alpha value is -0.260. The first-order valence-corrected chi connectivity index (χ1v) is 7.16. The van der Waals surface area contributed by atoms with Gasteiger partial charge in [0.2, 0.25) is 5.91 Å². The summed E-state index contributed by atoms with van der Waals surface area (Å²) >= 11 is 1.64. The number of piperazine rings is 1. The third-order valence-electron chi connectivity index (χ3n) is 3.03. The van der Waals surface area contributed by atoms with Gasteiger partial charge in [-0.3, -0.25) is 9.69 Å². The van der Waals surface area contributed by atoms with Crippen LogP contribution in [0.4, 0.5) is 0 Å². The fourth-order valence-corrected chi connectivity index (χ4v) is 2.66. The molecule has 1 atom stereocenters. The smallest absolute Gasteiger partial charge is 0.235 e. The summed E-state index contributed by atoms with van der Waals surface area (Å²) in [5.41, 5.74) is 0. The number of carbonyl (C=O) groups excluding carboxylic acids is 1. The number of carbonyl (C=O) groups is 1. The molecule has 0 aromatic rings. The fourth-order valence-electron chi connectivity index (χ4n) is 1.98. The summed E-state index contributed by atoms with van der Waals surface area (Å²) in [6.07, 6.45) is 2.89. The van der Waals surface area contributed by atoms with Gasteiger partial charge in [0.25, 0.3) is 0 Å². The van der Waals surface area contributed by atoms with Crippen LogP contribution in [0.5, 0.6) is 0 Å². The van der Waals surface area contributed by atoms with Gasteiger partial charge in [-0.1, -0.05) is 6.92 Å². The number of aliphatic hydroxyl groups excluding tert-OH is 1. The van der Waals surface area contributed by atoms with Crippen LogP contribution in [0.2, 0.25) is 0 Å². The summed E-state index contributed by atoms with van der Waals surface area (Å²) in [6.45, 7) is 6.36. The maximum Gasteiger partial charge on any atom is 0.235 e. The number of amides is 1. The molecule has 1 N–H and O–H groups in total. The van der Waals surface area contributed by atoms with E-state index in [1.807, 2.05) is 11.2 Å². The molecule has 1 amide bonds. The molecule has 5 heteroatoms. The van der Waals surface area contributed by atoms with Gasteiger partial charge < -0.3 is 10.0 Å². The quantitative estimate of drug-likeness (QED) is 0.756. The maximum atomic E-state index is 12.1. The summed E-state index contributed by atoms with van der Waals surface area (Å²) in [5.74, 6) is 0.277. The molecule has 1 aliphatic heterocycles. The van der Waals surface area contributed by atoms with Gasteiger partial charge in [0.15, 0.2) is 0 Å². The molecule has 1 saturated heterocycles. The summed E-state index contributed by atoms with van der Waals surface area (Å²) in [7, 11) is 0. The van der Waals surface area contributed by atoms with E-state index >= 15 is 0 Å². The third-order valence-corrected chi connectivity index (χ3v) is 4.13. The number of aliphatic hydroxyl groups is 1. The monoisotopic (exact) mass is 246 g/mol. The van der Waals surface area contributed by atoms with Crippen molar-refractivity contribution >= 4 is 17.7 Å². The summed E-state index contributed by atoms with van der Waals surface area (Å²) in [5, 5.41) is 8.95. The Morgan fingerprint density at radius 2 is 2.00 bits per heavy atom. The van der Waals surface area contributed by atoms with Crippen molar-refractivity contribution in [2.24, 2.45) is 0 Å². The van der Waals surface area contributed by atoms with E-state index in [1.165, 1.54) is 0 Å². The highest BCUT2D eigenvalue weighted by atomic mass is 32.2. The van der Waals surface area contributed by atoms with Crippen LogP contribution in [0.3, 0.4) is 0 Å². The van der Waals surface area contributed by atoms with E-state index in [2.05, 4.69) is 11.8 Å². The normalized spacial score (nSPS) is 19.8. The first-order chi connectivity index (χ1) is 7.72. The molecular formula is C11H22N2O2S. The summed E-state index contributed by atoms with van der Waals surface area (Å²) in [6, 6.07) is 0. The number of β-amino-alcohol motifs (C(OH)–C–C–N with tert-alkyl or cyclic N) is 1. The molecule has 0 bridgehead atoms.